The number of aromatic nitrogens is 2. The molecule has 21 heavy (non-hydrogen) atoms. The van der Waals surface area contributed by atoms with Crippen molar-refractivity contribution in [2.75, 3.05) is 27.2 Å². The van der Waals surface area contributed by atoms with Gasteiger partial charge in [0.05, 0.1) is 17.1 Å². The van der Waals surface area contributed by atoms with Gasteiger partial charge in [-0.1, -0.05) is 0 Å². The molecule has 5 nitrogen and oxygen atoms in total. The molecule has 0 amide bonds. The zero-order chi connectivity index (χ0) is 15.0. The number of imidazole rings is 1. The highest BCUT2D eigenvalue weighted by molar-refractivity contribution is 5.76. The van der Waals surface area contributed by atoms with Crippen LogP contribution in [-0.2, 0) is 0 Å². The number of nitrogens with zero attached hydrogens (tertiary/aromatic N) is 3. The highest BCUT2D eigenvalue weighted by atomic mass is 16.3. The lowest BCUT2D eigenvalue weighted by Crippen LogP contribution is -2.43. The average molecular weight is 288 g/mol. The Morgan fingerprint density at radius 1 is 1.38 bits per heavy atom. The van der Waals surface area contributed by atoms with Gasteiger partial charge in [-0.2, -0.15) is 0 Å². The van der Waals surface area contributed by atoms with E-state index in [-0.39, 0.29) is 11.8 Å². The summed E-state index contributed by atoms with van der Waals surface area (Å²) in [4.78, 5) is 12.8. The van der Waals surface area contributed by atoms with Crippen LogP contribution >= 0.6 is 0 Å². The van der Waals surface area contributed by atoms with E-state index in [0.29, 0.717) is 6.04 Å². The Morgan fingerprint density at radius 2 is 2.10 bits per heavy atom. The second kappa shape index (κ2) is 5.66. The van der Waals surface area contributed by atoms with Gasteiger partial charge in [-0.3, -0.25) is 4.90 Å². The van der Waals surface area contributed by atoms with E-state index >= 15 is 0 Å². The third-order valence-electron chi connectivity index (χ3n) is 4.75. The minimum Gasteiger partial charge on any atom is -0.508 e. The summed E-state index contributed by atoms with van der Waals surface area (Å²) in [6, 6.07) is 6.12. The number of phenolic OH excluding ortho intramolecular Hbond substituents is 1. The zero-order valence-corrected chi connectivity index (χ0v) is 13.0. The van der Waals surface area contributed by atoms with Crippen LogP contribution in [0.4, 0.5) is 0 Å². The van der Waals surface area contributed by atoms with Crippen LogP contribution in [0, 0.1) is 0 Å². The zero-order valence-electron chi connectivity index (χ0n) is 13.0. The third kappa shape index (κ3) is 2.89. The maximum atomic E-state index is 9.55. The van der Waals surface area contributed by atoms with Crippen LogP contribution in [0.5, 0.6) is 5.75 Å². The minimum absolute atomic E-state index is 0.243. The Morgan fingerprint density at radius 3 is 2.81 bits per heavy atom. The van der Waals surface area contributed by atoms with Gasteiger partial charge >= 0.3 is 0 Å². The van der Waals surface area contributed by atoms with Crippen LogP contribution in [0.25, 0.3) is 11.0 Å². The molecule has 0 bridgehead atoms. The number of benzene rings is 1. The normalized spacial score (nSPS) is 19.4. The number of hydrogen-bond acceptors (Lipinski definition) is 4. The standard InChI is InChI=1S/C16H24N4O/c1-11(20(3)12-6-8-19(2)9-7-12)16-17-14-5-4-13(21)10-15(14)18-16/h4-5,10-12,21H,6-9H2,1-3H3,(H,17,18). The summed E-state index contributed by atoms with van der Waals surface area (Å²) in [6.07, 6.45) is 2.41. The van der Waals surface area contributed by atoms with Crippen molar-refractivity contribution in [1.29, 1.82) is 0 Å². The van der Waals surface area contributed by atoms with Gasteiger partial charge in [-0.25, -0.2) is 4.98 Å². The monoisotopic (exact) mass is 288 g/mol. The van der Waals surface area contributed by atoms with Crippen molar-refractivity contribution in [2.24, 2.45) is 0 Å². The molecule has 1 saturated heterocycles. The predicted octanol–water partition coefficient (Wildman–Crippen LogP) is 2.36. The predicted molar refractivity (Wildman–Crippen MR) is 84.5 cm³/mol. The van der Waals surface area contributed by atoms with Crippen molar-refractivity contribution in [3.63, 3.8) is 0 Å². The maximum absolute atomic E-state index is 9.55. The molecule has 1 fully saturated rings. The molecule has 1 aromatic heterocycles. The topological polar surface area (TPSA) is 55.4 Å². The fourth-order valence-electron chi connectivity index (χ4n) is 3.13. The lowest BCUT2D eigenvalue weighted by molar-refractivity contribution is 0.111. The molecule has 3 rings (SSSR count). The van der Waals surface area contributed by atoms with Gasteiger partial charge in [0, 0.05) is 12.1 Å². The highest BCUT2D eigenvalue weighted by Crippen LogP contribution is 2.26. The molecule has 5 heteroatoms. The Bertz CT molecular complexity index is 616. The van der Waals surface area contributed by atoms with Gasteiger partial charge in [-0.05, 0) is 59.1 Å². The minimum atomic E-state index is 0.243. The Labute approximate surface area is 125 Å². The molecule has 2 N–H and O–H groups in total. The summed E-state index contributed by atoms with van der Waals surface area (Å²) >= 11 is 0. The average Bonchev–Trinajstić information content (AvgIpc) is 2.89. The fraction of sp³-hybridized carbons (Fsp3) is 0.562. The first-order chi connectivity index (χ1) is 10.0. The van der Waals surface area contributed by atoms with Crippen LogP contribution in [0.3, 0.4) is 0 Å². The second-order valence-electron chi connectivity index (χ2n) is 6.20. The van der Waals surface area contributed by atoms with E-state index in [2.05, 4.69) is 40.8 Å². The number of hydrogen-bond donors (Lipinski definition) is 2. The summed E-state index contributed by atoms with van der Waals surface area (Å²) in [5.41, 5.74) is 1.81. The summed E-state index contributed by atoms with van der Waals surface area (Å²) in [5.74, 6) is 1.24. The molecule has 1 aliphatic rings. The molecule has 0 spiro atoms. The van der Waals surface area contributed by atoms with Gasteiger partial charge in [0.1, 0.15) is 11.6 Å². The van der Waals surface area contributed by atoms with Gasteiger partial charge < -0.3 is 15.0 Å². The summed E-state index contributed by atoms with van der Waals surface area (Å²) in [5, 5.41) is 9.55. The quantitative estimate of drug-likeness (QED) is 0.910. The molecule has 1 aliphatic heterocycles. The van der Waals surface area contributed by atoms with Crippen LogP contribution in [0.2, 0.25) is 0 Å². The summed E-state index contributed by atoms with van der Waals surface area (Å²) in [7, 11) is 4.37. The number of likely N-dealkylation sites (tertiary alicyclic amines) is 1. The third-order valence-corrected chi connectivity index (χ3v) is 4.75. The van der Waals surface area contributed by atoms with Crippen molar-refractivity contribution in [2.45, 2.75) is 31.8 Å². The molecular weight excluding hydrogens is 264 g/mol. The number of H-pyrrole nitrogens is 1. The van der Waals surface area contributed by atoms with E-state index in [4.69, 9.17) is 0 Å². The van der Waals surface area contributed by atoms with E-state index in [0.717, 1.165) is 29.9 Å². The first-order valence-electron chi connectivity index (χ1n) is 7.63. The van der Waals surface area contributed by atoms with Crippen LogP contribution in [-0.4, -0.2) is 58.1 Å². The molecule has 2 heterocycles. The molecule has 1 unspecified atom stereocenters. The number of rotatable bonds is 3. The number of phenols is 1. The van der Waals surface area contributed by atoms with Gasteiger partial charge in [-0.15, -0.1) is 0 Å². The molecule has 0 saturated carbocycles. The largest absolute Gasteiger partial charge is 0.508 e. The lowest BCUT2D eigenvalue weighted by atomic mass is 10.0. The number of aromatic hydroxyl groups is 1. The lowest BCUT2D eigenvalue weighted by Gasteiger charge is -2.37. The van der Waals surface area contributed by atoms with Gasteiger partial charge in [0.15, 0.2) is 0 Å². The SMILES string of the molecule is CC(c1nc2ccc(O)cc2[nH]1)N(C)C1CCN(C)CC1. The Kier molecular flexibility index (Phi) is 3.87. The van der Waals surface area contributed by atoms with Crippen molar-refractivity contribution in [3.05, 3.63) is 24.0 Å². The smallest absolute Gasteiger partial charge is 0.124 e. The highest BCUT2D eigenvalue weighted by Gasteiger charge is 2.26. The molecule has 1 aromatic carbocycles. The molecule has 1 atom stereocenters. The second-order valence-corrected chi connectivity index (χ2v) is 6.20. The molecule has 0 radical (unpaired) electrons. The first-order valence-corrected chi connectivity index (χ1v) is 7.63. The van der Waals surface area contributed by atoms with E-state index in [1.807, 2.05) is 6.07 Å². The molecular formula is C16H24N4O. The summed E-state index contributed by atoms with van der Waals surface area (Å²) < 4.78 is 0. The van der Waals surface area contributed by atoms with Crippen molar-refractivity contribution >= 4 is 11.0 Å². The van der Waals surface area contributed by atoms with E-state index < -0.39 is 0 Å². The van der Waals surface area contributed by atoms with Crippen LogP contribution < -0.4 is 0 Å². The Hall–Kier alpha value is -1.59. The van der Waals surface area contributed by atoms with E-state index in [1.165, 1.54) is 12.8 Å². The van der Waals surface area contributed by atoms with E-state index in [9.17, 15) is 5.11 Å². The van der Waals surface area contributed by atoms with Crippen LogP contribution in [0.1, 0.15) is 31.6 Å². The fourth-order valence-corrected chi connectivity index (χ4v) is 3.13. The Balaban J connectivity index is 1.77. The van der Waals surface area contributed by atoms with Gasteiger partial charge in [0.2, 0.25) is 0 Å². The van der Waals surface area contributed by atoms with Crippen molar-refractivity contribution in [1.82, 2.24) is 19.8 Å². The van der Waals surface area contributed by atoms with Crippen molar-refractivity contribution < 1.29 is 5.11 Å². The number of fused-ring (bicyclic) bond motifs is 1. The summed E-state index contributed by atoms with van der Waals surface area (Å²) in [6.45, 7) is 4.52. The van der Waals surface area contributed by atoms with Crippen molar-refractivity contribution in [3.8, 4) is 5.75 Å². The maximum Gasteiger partial charge on any atom is 0.124 e. The molecule has 114 valence electrons. The number of aromatic amines is 1. The molecule has 2 aromatic rings. The molecule has 0 aliphatic carbocycles. The number of piperidine rings is 1. The van der Waals surface area contributed by atoms with Crippen LogP contribution in [0.15, 0.2) is 18.2 Å². The first kappa shape index (κ1) is 14.4. The van der Waals surface area contributed by atoms with Gasteiger partial charge in [0.25, 0.3) is 0 Å². The number of nitrogens with one attached hydrogen (secondary N) is 1. The van der Waals surface area contributed by atoms with E-state index in [1.54, 1.807) is 12.1 Å².